The van der Waals surface area contributed by atoms with Crippen molar-refractivity contribution < 1.29 is 19.8 Å². The quantitative estimate of drug-likeness (QED) is 0.662. The second kappa shape index (κ2) is 5.88. The van der Waals surface area contributed by atoms with Crippen molar-refractivity contribution in [2.24, 2.45) is 0 Å². The number of benzene rings is 2. The third-order valence-electron chi connectivity index (χ3n) is 3.51. The number of rotatable bonds is 4. The molecule has 0 fully saturated rings. The average Bonchev–Trinajstić information content (AvgIpc) is 2.97. The minimum absolute atomic E-state index is 0.0280. The highest BCUT2D eigenvalue weighted by molar-refractivity contribution is 5.91. The number of hydrogen-bond acceptors (Lipinski definition) is 4. The maximum absolute atomic E-state index is 11.7. The summed E-state index contributed by atoms with van der Waals surface area (Å²) in [6.45, 7) is 0. The van der Waals surface area contributed by atoms with Crippen molar-refractivity contribution in [3.8, 4) is 22.5 Å². The maximum atomic E-state index is 11.7. The van der Waals surface area contributed by atoms with E-state index in [0.29, 0.717) is 22.5 Å². The van der Waals surface area contributed by atoms with Crippen LogP contribution >= 0.6 is 0 Å². The molecule has 0 atom stereocenters. The summed E-state index contributed by atoms with van der Waals surface area (Å²) in [4.78, 5) is 39.1. The van der Waals surface area contributed by atoms with Crippen molar-refractivity contribution in [1.29, 1.82) is 0 Å². The fraction of sp³-hybridized carbons (Fsp3) is 0. The van der Waals surface area contributed by atoms with Gasteiger partial charge in [-0.1, -0.05) is 30.3 Å². The molecule has 1 aromatic heterocycles. The monoisotopic (exact) mass is 323 g/mol. The summed E-state index contributed by atoms with van der Waals surface area (Å²) in [5.41, 5.74) is 1.25. The van der Waals surface area contributed by atoms with Crippen molar-refractivity contribution in [2.75, 3.05) is 0 Å². The molecule has 3 N–H and O–H groups in total. The van der Waals surface area contributed by atoms with Crippen molar-refractivity contribution in [3.05, 3.63) is 70.1 Å². The number of carbonyl (C=O) groups excluding carboxylic acids is 1. The van der Waals surface area contributed by atoms with Gasteiger partial charge in [-0.3, -0.25) is 0 Å². The number of imidazole rings is 1. The summed E-state index contributed by atoms with van der Waals surface area (Å²) >= 11 is 0. The van der Waals surface area contributed by atoms with Crippen LogP contribution in [0.25, 0.3) is 22.5 Å². The predicted molar refractivity (Wildman–Crippen MR) is 83.6 cm³/mol. The van der Waals surface area contributed by atoms with E-state index in [1.807, 2.05) is 0 Å². The summed E-state index contributed by atoms with van der Waals surface area (Å²) in [6, 6.07) is 12.0. The molecule has 0 aliphatic carbocycles. The zero-order valence-corrected chi connectivity index (χ0v) is 12.2. The fourth-order valence-electron chi connectivity index (χ4n) is 2.43. The van der Waals surface area contributed by atoms with Gasteiger partial charge in [0.2, 0.25) is 0 Å². The average molecular weight is 323 g/mol. The number of H-pyrrole nitrogens is 2. The summed E-state index contributed by atoms with van der Waals surface area (Å²) in [6.07, 6.45) is 0. The number of aromatic amines is 2. The highest BCUT2D eigenvalue weighted by atomic mass is 16.4. The summed E-state index contributed by atoms with van der Waals surface area (Å²) < 4.78 is 0. The van der Waals surface area contributed by atoms with Gasteiger partial charge in [0.1, 0.15) is 0 Å². The molecule has 3 aromatic rings. The number of aromatic nitrogens is 2. The van der Waals surface area contributed by atoms with Gasteiger partial charge in [-0.15, -0.1) is 0 Å². The fourth-order valence-corrected chi connectivity index (χ4v) is 2.43. The van der Waals surface area contributed by atoms with E-state index >= 15 is 0 Å². The molecule has 7 heteroatoms. The van der Waals surface area contributed by atoms with Crippen molar-refractivity contribution in [2.45, 2.75) is 0 Å². The predicted octanol–water partition coefficient (Wildman–Crippen LogP) is 1.10. The van der Waals surface area contributed by atoms with E-state index in [9.17, 15) is 19.5 Å². The van der Waals surface area contributed by atoms with Crippen LogP contribution in [0.4, 0.5) is 0 Å². The Kier molecular flexibility index (Phi) is 3.75. The Hall–Kier alpha value is -3.61. The highest BCUT2D eigenvalue weighted by Crippen LogP contribution is 2.28. The number of hydrogen-bond donors (Lipinski definition) is 3. The normalized spacial score (nSPS) is 10.5. The molecule has 0 unspecified atom stereocenters. The summed E-state index contributed by atoms with van der Waals surface area (Å²) in [5, 5.41) is 20.1. The summed E-state index contributed by atoms with van der Waals surface area (Å²) in [7, 11) is 0. The molecule has 0 saturated carbocycles. The molecule has 1 heterocycles. The molecule has 0 aliphatic rings. The SMILES string of the molecule is O=C([O-])c1cccc(-c2[nH]c(=O)[nH]c2-c2cccc(C(=O)O)c2)c1. The molecular weight excluding hydrogens is 312 g/mol. The Morgan fingerprint density at radius 1 is 0.875 bits per heavy atom. The van der Waals surface area contributed by atoms with Crippen LogP contribution in [-0.2, 0) is 0 Å². The van der Waals surface area contributed by atoms with Crippen molar-refractivity contribution in [3.63, 3.8) is 0 Å². The standard InChI is InChI=1S/C17H12N2O5/c20-15(21)11-5-1-3-9(7-11)13-14(19-17(24)18-13)10-4-2-6-12(8-10)16(22)23/h1-8H,(H,20,21)(H,22,23)(H2,18,19,24)/p-1. The van der Waals surface area contributed by atoms with Gasteiger partial charge in [0.05, 0.1) is 22.9 Å². The van der Waals surface area contributed by atoms with E-state index in [-0.39, 0.29) is 11.1 Å². The Labute approximate surface area is 135 Å². The number of nitrogens with one attached hydrogen (secondary N) is 2. The Bertz CT molecular complexity index is 922. The molecule has 0 bridgehead atoms. The van der Waals surface area contributed by atoms with Gasteiger partial charge in [0, 0.05) is 11.1 Å². The van der Waals surface area contributed by atoms with Crippen LogP contribution in [0.3, 0.4) is 0 Å². The maximum Gasteiger partial charge on any atom is 0.335 e. The van der Waals surface area contributed by atoms with Gasteiger partial charge in [-0.05, 0) is 23.8 Å². The van der Waals surface area contributed by atoms with E-state index < -0.39 is 17.6 Å². The van der Waals surface area contributed by atoms with Gasteiger partial charge >= 0.3 is 11.7 Å². The number of aromatic carboxylic acids is 2. The summed E-state index contributed by atoms with van der Waals surface area (Å²) in [5.74, 6) is -2.42. The van der Waals surface area contributed by atoms with E-state index in [4.69, 9.17) is 5.11 Å². The van der Waals surface area contributed by atoms with E-state index in [0.717, 1.165) is 0 Å². The minimum atomic E-state index is -1.33. The van der Waals surface area contributed by atoms with Crippen LogP contribution < -0.4 is 10.8 Å². The highest BCUT2D eigenvalue weighted by Gasteiger charge is 2.14. The molecule has 2 aromatic carbocycles. The number of carboxylic acids is 2. The zero-order chi connectivity index (χ0) is 17.3. The minimum Gasteiger partial charge on any atom is -0.545 e. The van der Waals surface area contributed by atoms with E-state index in [1.165, 1.54) is 30.3 Å². The topological polar surface area (TPSA) is 126 Å². The van der Waals surface area contributed by atoms with Crippen LogP contribution in [0.5, 0.6) is 0 Å². The first-order chi connectivity index (χ1) is 11.5. The lowest BCUT2D eigenvalue weighted by molar-refractivity contribution is -0.255. The first-order valence-corrected chi connectivity index (χ1v) is 6.93. The molecular formula is C17H11N2O5-. The lowest BCUT2D eigenvalue weighted by Crippen LogP contribution is -2.22. The molecule has 7 nitrogen and oxygen atoms in total. The van der Waals surface area contributed by atoms with E-state index in [1.54, 1.807) is 18.2 Å². The number of carboxylic acid groups (broad SMARTS) is 2. The van der Waals surface area contributed by atoms with Gasteiger partial charge < -0.3 is 25.0 Å². The zero-order valence-electron chi connectivity index (χ0n) is 12.2. The molecule has 0 saturated heterocycles. The molecule has 0 spiro atoms. The third-order valence-corrected chi connectivity index (χ3v) is 3.51. The van der Waals surface area contributed by atoms with Crippen LogP contribution in [-0.4, -0.2) is 27.0 Å². The molecule has 120 valence electrons. The van der Waals surface area contributed by atoms with Gasteiger partial charge in [-0.2, -0.15) is 0 Å². The molecule has 0 amide bonds. The van der Waals surface area contributed by atoms with Crippen LogP contribution in [0.2, 0.25) is 0 Å². The second-order valence-corrected chi connectivity index (χ2v) is 5.08. The molecule has 0 aliphatic heterocycles. The molecule has 0 radical (unpaired) electrons. The first-order valence-electron chi connectivity index (χ1n) is 6.93. The lowest BCUT2D eigenvalue weighted by Gasteiger charge is -2.07. The Morgan fingerprint density at radius 2 is 1.38 bits per heavy atom. The van der Waals surface area contributed by atoms with Crippen LogP contribution in [0.15, 0.2) is 53.3 Å². The number of carbonyl (C=O) groups is 2. The largest absolute Gasteiger partial charge is 0.545 e. The van der Waals surface area contributed by atoms with Gasteiger partial charge in [-0.25, -0.2) is 9.59 Å². The van der Waals surface area contributed by atoms with E-state index in [2.05, 4.69) is 9.97 Å². The van der Waals surface area contributed by atoms with Crippen LogP contribution in [0, 0.1) is 0 Å². The van der Waals surface area contributed by atoms with Gasteiger partial charge in [0.25, 0.3) is 0 Å². The second-order valence-electron chi connectivity index (χ2n) is 5.08. The lowest BCUT2D eigenvalue weighted by atomic mass is 10.0. The van der Waals surface area contributed by atoms with Gasteiger partial charge in [0.15, 0.2) is 0 Å². The van der Waals surface area contributed by atoms with Crippen molar-refractivity contribution >= 4 is 11.9 Å². The van der Waals surface area contributed by atoms with Crippen molar-refractivity contribution in [1.82, 2.24) is 9.97 Å². The molecule has 24 heavy (non-hydrogen) atoms. The van der Waals surface area contributed by atoms with Crippen LogP contribution in [0.1, 0.15) is 20.7 Å². The molecule has 3 rings (SSSR count). The Morgan fingerprint density at radius 3 is 1.88 bits per heavy atom. The first kappa shape index (κ1) is 15.3. The Balaban J connectivity index is 2.17. The third kappa shape index (κ3) is 2.82. The smallest absolute Gasteiger partial charge is 0.335 e.